The molecule has 0 aliphatic heterocycles. The standard InChI is InChI=1S/C13H12IN3O/c14-10-11(7-4-5-7)16-13(17-12(10)15)8-2-1-3-9(18)6-8/h1-3,6-7,18H,4-5H2,(H2,15,16,17). The van der Waals surface area contributed by atoms with Crippen LogP contribution in [0.15, 0.2) is 24.3 Å². The summed E-state index contributed by atoms with van der Waals surface area (Å²) in [5.41, 5.74) is 7.78. The van der Waals surface area contributed by atoms with E-state index in [9.17, 15) is 5.11 Å². The number of anilines is 1. The molecule has 0 saturated heterocycles. The van der Waals surface area contributed by atoms with Gasteiger partial charge in [-0.05, 0) is 47.6 Å². The summed E-state index contributed by atoms with van der Waals surface area (Å²) in [5.74, 6) is 1.84. The smallest absolute Gasteiger partial charge is 0.161 e. The minimum atomic E-state index is 0.209. The maximum atomic E-state index is 9.50. The fourth-order valence-corrected chi connectivity index (χ4v) is 2.57. The first-order chi connectivity index (χ1) is 8.65. The molecule has 1 saturated carbocycles. The van der Waals surface area contributed by atoms with Gasteiger partial charge < -0.3 is 10.8 Å². The van der Waals surface area contributed by atoms with Crippen molar-refractivity contribution in [2.45, 2.75) is 18.8 Å². The van der Waals surface area contributed by atoms with Crippen molar-refractivity contribution in [2.75, 3.05) is 5.73 Å². The summed E-state index contributed by atoms with van der Waals surface area (Å²) in [7, 11) is 0. The Morgan fingerprint density at radius 1 is 1.28 bits per heavy atom. The van der Waals surface area contributed by atoms with E-state index in [0.29, 0.717) is 17.6 Å². The van der Waals surface area contributed by atoms with E-state index >= 15 is 0 Å². The fourth-order valence-electron chi connectivity index (χ4n) is 1.88. The Labute approximate surface area is 118 Å². The molecule has 92 valence electrons. The highest BCUT2D eigenvalue weighted by Crippen LogP contribution is 2.42. The van der Waals surface area contributed by atoms with Gasteiger partial charge in [0.1, 0.15) is 11.6 Å². The van der Waals surface area contributed by atoms with Crippen LogP contribution in [-0.2, 0) is 0 Å². The minimum absolute atomic E-state index is 0.209. The van der Waals surface area contributed by atoms with Gasteiger partial charge in [-0.15, -0.1) is 0 Å². The zero-order valence-electron chi connectivity index (χ0n) is 9.60. The van der Waals surface area contributed by atoms with Crippen molar-refractivity contribution in [2.24, 2.45) is 0 Å². The topological polar surface area (TPSA) is 72.0 Å². The molecule has 5 heteroatoms. The van der Waals surface area contributed by atoms with Crippen molar-refractivity contribution >= 4 is 28.4 Å². The molecule has 0 radical (unpaired) electrons. The summed E-state index contributed by atoms with van der Waals surface area (Å²) in [6.07, 6.45) is 2.35. The number of nitrogens with two attached hydrogens (primary N) is 1. The van der Waals surface area contributed by atoms with E-state index in [0.717, 1.165) is 14.8 Å². The number of nitrogen functional groups attached to an aromatic ring is 1. The summed E-state index contributed by atoms with van der Waals surface area (Å²) in [6.45, 7) is 0. The van der Waals surface area contributed by atoms with Gasteiger partial charge in [0.05, 0.1) is 9.26 Å². The third kappa shape index (κ3) is 2.14. The Balaban J connectivity index is 2.12. The molecule has 0 amide bonds. The monoisotopic (exact) mass is 353 g/mol. The van der Waals surface area contributed by atoms with Crippen LogP contribution < -0.4 is 5.73 Å². The number of aromatic hydroxyl groups is 1. The van der Waals surface area contributed by atoms with Crippen molar-refractivity contribution in [3.8, 4) is 17.1 Å². The molecule has 0 atom stereocenters. The second-order valence-electron chi connectivity index (χ2n) is 4.46. The molecular weight excluding hydrogens is 341 g/mol. The van der Waals surface area contributed by atoms with Crippen molar-refractivity contribution in [1.82, 2.24) is 9.97 Å². The predicted octanol–water partition coefficient (Wildman–Crippen LogP) is 2.91. The fraction of sp³-hybridized carbons (Fsp3) is 0.231. The van der Waals surface area contributed by atoms with Gasteiger partial charge in [-0.3, -0.25) is 0 Å². The molecule has 1 aliphatic rings. The lowest BCUT2D eigenvalue weighted by Crippen LogP contribution is -2.04. The van der Waals surface area contributed by atoms with Crippen molar-refractivity contribution in [3.63, 3.8) is 0 Å². The Morgan fingerprint density at radius 2 is 2.06 bits per heavy atom. The Kier molecular flexibility index (Phi) is 2.85. The van der Waals surface area contributed by atoms with E-state index in [2.05, 4.69) is 32.6 Å². The molecular formula is C13H12IN3O. The maximum absolute atomic E-state index is 9.50. The molecule has 18 heavy (non-hydrogen) atoms. The van der Waals surface area contributed by atoms with Crippen LogP contribution in [0.5, 0.6) is 5.75 Å². The average Bonchev–Trinajstić information content (AvgIpc) is 3.16. The van der Waals surface area contributed by atoms with E-state index < -0.39 is 0 Å². The molecule has 1 aliphatic carbocycles. The number of aromatic nitrogens is 2. The minimum Gasteiger partial charge on any atom is -0.508 e. The largest absolute Gasteiger partial charge is 0.508 e. The molecule has 0 spiro atoms. The van der Waals surface area contributed by atoms with Crippen LogP contribution in [0.2, 0.25) is 0 Å². The van der Waals surface area contributed by atoms with Crippen LogP contribution in [0, 0.1) is 3.57 Å². The summed E-state index contributed by atoms with van der Waals surface area (Å²) in [6, 6.07) is 6.93. The molecule has 1 aromatic carbocycles. The normalized spacial score (nSPS) is 14.7. The first-order valence-corrected chi connectivity index (χ1v) is 6.85. The third-order valence-electron chi connectivity index (χ3n) is 2.97. The van der Waals surface area contributed by atoms with Gasteiger partial charge >= 0.3 is 0 Å². The highest BCUT2D eigenvalue weighted by Gasteiger charge is 2.29. The molecule has 1 aromatic heterocycles. The highest BCUT2D eigenvalue weighted by atomic mass is 127. The van der Waals surface area contributed by atoms with Crippen LogP contribution in [0.1, 0.15) is 24.5 Å². The molecule has 0 bridgehead atoms. The molecule has 1 fully saturated rings. The lowest BCUT2D eigenvalue weighted by atomic mass is 10.2. The van der Waals surface area contributed by atoms with E-state index in [-0.39, 0.29) is 5.75 Å². The predicted molar refractivity (Wildman–Crippen MR) is 78.2 cm³/mol. The van der Waals surface area contributed by atoms with Crippen LogP contribution in [0.4, 0.5) is 5.82 Å². The van der Waals surface area contributed by atoms with Gasteiger partial charge in [-0.1, -0.05) is 12.1 Å². The van der Waals surface area contributed by atoms with Gasteiger partial charge in [0, 0.05) is 11.5 Å². The number of hydrogen-bond acceptors (Lipinski definition) is 4. The summed E-state index contributed by atoms with van der Waals surface area (Å²) < 4.78 is 0.957. The molecule has 4 nitrogen and oxygen atoms in total. The maximum Gasteiger partial charge on any atom is 0.161 e. The summed E-state index contributed by atoms with van der Waals surface area (Å²) >= 11 is 2.20. The lowest BCUT2D eigenvalue weighted by molar-refractivity contribution is 0.475. The molecule has 3 rings (SSSR count). The number of phenolic OH excluding ortho intramolecular Hbond substituents is 1. The molecule has 0 unspecified atom stereocenters. The first kappa shape index (κ1) is 11.7. The number of nitrogens with zero attached hydrogens (tertiary/aromatic N) is 2. The molecule has 1 heterocycles. The number of rotatable bonds is 2. The molecule has 2 aromatic rings. The second-order valence-corrected chi connectivity index (χ2v) is 5.54. The highest BCUT2D eigenvalue weighted by molar-refractivity contribution is 14.1. The zero-order chi connectivity index (χ0) is 12.7. The molecule has 3 N–H and O–H groups in total. The van der Waals surface area contributed by atoms with Gasteiger partial charge in [0.25, 0.3) is 0 Å². The number of halogens is 1. The summed E-state index contributed by atoms with van der Waals surface area (Å²) in [4.78, 5) is 8.90. The average molecular weight is 353 g/mol. The number of benzene rings is 1. The Morgan fingerprint density at radius 3 is 2.72 bits per heavy atom. The van der Waals surface area contributed by atoms with Crippen LogP contribution >= 0.6 is 22.6 Å². The van der Waals surface area contributed by atoms with Gasteiger partial charge in [0.2, 0.25) is 0 Å². The SMILES string of the molecule is Nc1nc(-c2cccc(O)c2)nc(C2CC2)c1I. The number of hydrogen-bond donors (Lipinski definition) is 2. The number of phenols is 1. The summed E-state index contributed by atoms with van der Waals surface area (Å²) in [5, 5.41) is 9.50. The van der Waals surface area contributed by atoms with E-state index in [1.807, 2.05) is 6.07 Å². The van der Waals surface area contributed by atoms with Gasteiger partial charge in [0.15, 0.2) is 5.82 Å². The van der Waals surface area contributed by atoms with E-state index in [4.69, 9.17) is 5.73 Å². The third-order valence-corrected chi connectivity index (χ3v) is 4.08. The zero-order valence-corrected chi connectivity index (χ0v) is 11.8. The van der Waals surface area contributed by atoms with Gasteiger partial charge in [-0.2, -0.15) is 0 Å². The Bertz CT molecular complexity index is 611. The quantitative estimate of drug-likeness (QED) is 0.815. The first-order valence-electron chi connectivity index (χ1n) is 5.77. The van der Waals surface area contributed by atoms with Crippen molar-refractivity contribution in [1.29, 1.82) is 0 Å². The van der Waals surface area contributed by atoms with Crippen LogP contribution in [-0.4, -0.2) is 15.1 Å². The van der Waals surface area contributed by atoms with Crippen molar-refractivity contribution < 1.29 is 5.11 Å². The van der Waals surface area contributed by atoms with Crippen molar-refractivity contribution in [3.05, 3.63) is 33.5 Å². The van der Waals surface area contributed by atoms with Gasteiger partial charge in [-0.25, -0.2) is 9.97 Å². The van der Waals surface area contributed by atoms with E-state index in [1.54, 1.807) is 18.2 Å². The van der Waals surface area contributed by atoms with Crippen LogP contribution in [0.3, 0.4) is 0 Å². The second kappa shape index (κ2) is 4.38. The lowest BCUT2D eigenvalue weighted by Gasteiger charge is -2.08. The van der Waals surface area contributed by atoms with E-state index in [1.165, 1.54) is 12.8 Å². The Hall–Kier alpha value is -1.37. The van der Waals surface area contributed by atoms with Crippen LogP contribution in [0.25, 0.3) is 11.4 Å².